The van der Waals surface area contributed by atoms with E-state index < -0.39 is 5.97 Å². The molecule has 2 rings (SSSR count). The average molecular weight is 287 g/mol. The molecule has 0 aliphatic rings. The zero-order valence-electron chi connectivity index (χ0n) is 12.0. The number of anilines is 1. The van der Waals surface area contributed by atoms with Crippen molar-refractivity contribution in [2.45, 2.75) is 13.3 Å². The smallest absolute Gasteiger partial charge is 0.321 e. The van der Waals surface area contributed by atoms with Gasteiger partial charge in [0.2, 0.25) is 0 Å². The van der Waals surface area contributed by atoms with Gasteiger partial charge >= 0.3 is 12.0 Å². The molecule has 1 aromatic heterocycles. The number of fused-ring (bicyclic) bond motifs is 1. The Kier molecular flexibility index (Phi) is 4.37. The number of carboxylic acid groups (broad SMARTS) is 1. The van der Waals surface area contributed by atoms with Crippen LogP contribution in [0.3, 0.4) is 0 Å². The van der Waals surface area contributed by atoms with Crippen LogP contribution in [0.2, 0.25) is 0 Å². The molecule has 1 aromatic carbocycles. The molecule has 0 atom stereocenters. The highest BCUT2D eigenvalue weighted by atomic mass is 16.4. The molecule has 0 spiro atoms. The Hall–Kier alpha value is -2.63. The summed E-state index contributed by atoms with van der Waals surface area (Å²) < 4.78 is 0. The number of hydrogen-bond donors (Lipinski definition) is 2. The van der Waals surface area contributed by atoms with Gasteiger partial charge in [0.15, 0.2) is 0 Å². The first-order chi connectivity index (χ1) is 9.97. The van der Waals surface area contributed by atoms with Crippen LogP contribution >= 0.6 is 0 Å². The molecule has 0 bridgehead atoms. The predicted molar refractivity (Wildman–Crippen MR) is 80.4 cm³/mol. The Morgan fingerprint density at radius 2 is 2.05 bits per heavy atom. The molecule has 0 saturated carbocycles. The zero-order chi connectivity index (χ0) is 15.4. The van der Waals surface area contributed by atoms with Crippen LogP contribution in [0.15, 0.2) is 30.3 Å². The summed E-state index contributed by atoms with van der Waals surface area (Å²) in [7, 11) is 1.56. The maximum atomic E-state index is 12.0. The van der Waals surface area contributed by atoms with Gasteiger partial charge in [-0.2, -0.15) is 0 Å². The van der Waals surface area contributed by atoms with Crippen molar-refractivity contribution in [3.8, 4) is 0 Å². The topological polar surface area (TPSA) is 82.5 Å². The number of benzene rings is 1. The van der Waals surface area contributed by atoms with E-state index in [0.29, 0.717) is 5.69 Å². The Morgan fingerprint density at radius 1 is 1.29 bits per heavy atom. The normalized spacial score (nSPS) is 10.4. The monoisotopic (exact) mass is 287 g/mol. The molecule has 2 aromatic rings. The molecular weight excluding hydrogens is 270 g/mol. The van der Waals surface area contributed by atoms with E-state index in [4.69, 9.17) is 5.11 Å². The first-order valence-electron chi connectivity index (χ1n) is 6.57. The number of rotatable bonds is 4. The summed E-state index contributed by atoms with van der Waals surface area (Å²) in [6.45, 7) is 2.04. The summed E-state index contributed by atoms with van der Waals surface area (Å²) >= 11 is 0. The molecule has 1 heterocycles. The first-order valence-corrected chi connectivity index (χ1v) is 6.57. The number of amides is 2. The number of pyridine rings is 1. The number of nitrogens with one attached hydrogen (secondary N) is 1. The summed E-state index contributed by atoms with van der Waals surface area (Å²) in [6.07, 6.45) is -0.0865. The number of para-hydroxylation sites is 1. The van der Waals surface area contributed by atoms with Crippen LogP contribution in [0.5, 0.6) is 0 Å². The third-order valence-corrected chi connectivity index (χ3v) is 3.11. The minimum Gasteiger partial charge on any atom is -0.481 e. The fraction of sp³-hybridized carbons (Fsp3) is 0.267. The van der Waals surface area contributed by atoms with Gasteiger partial charge in [0, 0.05) is 24.7 Å². The van der Waals surface area contributed by atoms with E-state index in [2.05, 4.69) is 10.3 Å². The van der Waals surface area contributed by atoms with Gasteiger partial charge in [-0.15, -0.1) is 0 Å². The third kappa shape index (κ3) is 3.68. The van der Waals surface area contributed by atoms with E-state index in [1.165, 1.54) is 4.90 Å². The Balaban J connectivity index is 2.17. The molecule has 0 radical (unpaired) electrons. The Labute approximate surface area is 122 Å². The molecule has 0 unspecified atom stereocenters. The van der Waals surface area contributed by atoms with Gasteiger partial charge in [-0.1, -0.05) is 18.2 Å². The second-order valence-corrected chi connectivity index (χ2v) is 4.83. The van der Waals surface area contributed by atoms with Gasteiger partial charge in [-0.05, 0) is 19.1 Å². The summed E-state index contributed by atoms with van der Waals surface area (Å²) in [4.78, 5) is 28.3. The molecule has 0 saturated heterocycles. The number of carbonyl (C=O) groups is 2. The maximum Gasteiger partial charge on any atom is 0.321 e. The highest BCUT2D eigenvalue weighted by Gasteiger charge is 2.12. The van der Waals surface area contributed by atoms with Crippen molar-refractivity contribution in [1.29, 1.82) is 0 Å². The Morgan fingerprint density at radius 3 is 2.76 bits per heavy atom. The van der Waals surface area contributed by atoms with Crippen molar-refractivity contribution >= 4 is 28.6 Å². The van der Waals surface area contributed by atoms with E-state index >= 15 is 0 Å². The van der Waals surface area contributed by atoms with Crippen molar-refractivity contribution < 1.29 is 14.7 Å². The van der Waals surface area contributed by atoms with Crippen LogP contribution in [0.25, 0.3) is 10.9 Å². The molecule has 6 nitrogen and oxygen atoms in total. The number of urea groups is 1. The number of carboxylic acids is 1. The number of hydrogen-bond acceptors (Lipinski definition) is 3. The van der Waals surface area contributed by atoms with Crippen molar-refractivity contribution in [3.63, 3.8) is 0 Å². The van der Waals surface area contributed by atoms with E-state index in [9.17, 15) is 9.59 Å². The second kappa shape index (κ2) is 6.21. The number of aryl methyl sites for hydroxylation is 1. The highest BCUT2D eigenvalue weighted by Crippen LogP contribution is 2.21. The van der Waals surface area contributed by atoms with E-state index in [1.54, 1.807) is 13.1 Å². The van der Waals surface area contributed by atoms with Crippen molar-refractivity contribution in [3.05, 3.63) is 36.0 Å². The number of aliphatic carboxylic acids is 1. The lowest BCUT2D eigenvalue weighted by Gasteiger charge is -2.17. The quantitative estimate of drug-likeness (QED) is 0.905. The fourth-order valence-corrected chi connectivity index (χ4v) is 1.92. The predicted octanol–water partition coefficient (Wildman–Crippen LogP) is 2.48. The van der Waals surface area contributed by atoms with Crippen LogP contribution in [0, 0.1) is 6.92 Å². The van der Waals surface area contributed by atoms with E-state index in [0.717, 1.165) is 16.6 Å². The summed E-state index contributed by atoms with van der Waals surface area (Å²) in [6, 6.07) is 9.04. The van der Waals surface area contributed by atoms with Crippen LogP contribution < -0.4 is 5.32 Å². The molecule has 2 amide bonds. The molecular formula is C15H17N3O3. The van der Waals surface area contributed by atoms with Crippen LogP contribution in [0.1, 0.15) is 12.1 Å². The number of nitrogens with zero attached hydrogens (tertiary/aromatic N) is 2. The molecule has 0 aliphatic carbocycles. The first kappa shape index (κ1) is 14.8. The van der Waals surface area contributed by atoms with Gasteiger partial charge in [0.25, 0.3) is 0 Å². The minimum absolute atomic E-state index is 0.0865. The molecule has 2 N–H and O–H groups in total. The van der Waals surface area contributed by atoms with E-state index in [-0.39, 0.29) is 19.0 Å². The van der Waals surface area contributed by atoms with Gasteiger partial charge in [0.05, 0.1) is 17.6 Å². The van der Waals surface area contributed by atoms with Gasteiger partial charge in [-0.25, -0.2) is 4.79 Å². The SMILES string of the molecule is Cc1ccc2cccc(NC(=O)N(C)CCC(=O)O)c2n1. The summed E-state index contributed by atoms with van der Waals surface area (Å²) in [5, 5.41) is 12.3. The molecule has 0 aliphatic heterocycles. The lowest BCUT2D eigenvalue weighted by atomic mass is 10.2. The minimum atomic E-state index is -0.933. The molecule has 21 heavy (non-hydrogen) atoms. The maximum absolute atomic E-state index is 12.0. The van der Waals surface area contributed by atoms with Crippen molar-refractivity contribution in [2.24, 2.45) is 0 Å². The van der Waals surface area contributed by atoms with Gasteiger partial charge < -0.3 is 15.3 Å². The summed E-state index contributed by atoms with van der Waals surface area (Å²) in [5.74, 6) is -0.933. The van der Waals surface area contributed by atoms with E-state index in [1.807, 2.05) is 31.2 Å². The third-order valence-electron chi connectivity index (χ3n) is 3.11. The molecule has 0 fully saturated rings. The van der Waals surface area contributed by atoms with Crippen LogP contribution in [-0.2, 0) is 4.79 Å². The highest BCUT2D eigenvalue weighted by molar-refractivity contribution is 5.99. The second-order valence-electron chi connectivity index (χ2n) is 4.83. The number of carbonyl (C=O) groups excluding carboxylic acids is 1. The average Bonchev–Trinajstić information content (AvgIpc) is 2.45. The standard InChI is InChI=1S/C15H17N3O3/c1-10-6-7-11-4-3-5-12(14(11)16-10)17-15(21)18(2)9-8-13(19)20/h3-7H,8-9H2,1-2H3,(H,17,21)(H,19,20). The lowest BCUT2D eigenvalue weighted by molar-refractivity contribution is -0.137. The van der Waals surface area contributed by atoms with Crippen molar-refractivity contribution in [2.75, 3.05) is 18.9 Å². The molecule has 110 valence electrons. The van der Waals surface area contributed by atoms with Crippen molar-refractivity contribution in [1.82, 2.24) is 9.88 Å². The largest absolute Gasteiger partial charge is 0.481 e. The lowest BCUT2D eigenvalue weighted by Crippen LogP contribution is -2.33. The van der Waals surface area contributed by atoms with Crippen LogP contribution in [0.4, 0.5) is 10.5 Å². The summed E-state index contributed by atoms with van der Waals surface area (Å²) in [5.41, 5.74) is 2.20. The number of aromatic nitrogens is 1. The fourth-order valence-electron chi connectivity index (χ4n) is 1.92. The zero-order valence-corrected chi connectivity index (χ0v) is 12.0. The Bertz CT molecular complexity index is 685. The molecule has 6 heteroatoms. The van der Waals surface area contributed by atoms with Crippen LogP contribution in [-0.4, -0.2) is 40.6 Å². The van der Waals surface area contributed by atoms with Gasteiger partial charge in [0.1, 0.15) is 0 Å². The van der Waals surface area contributed by atoms with Gasteiger partial charge in [-0.3, -0.25) is 9.78 Å².